The molecule has 2 atom stereocenters. The summed E-state index contributed by atoms with van der Waals surface area (Å²) in [6, 6.07) is 3.97. The number of aromatic nitrogens is 3. The molecule has 1 saturated carbocycles. The first-order valence-corrected chi connectivity index (χ1v) is 8.04. The molecule has 0 amide bonds. The molecule has 2 aromatic rings. The molecule has 0 saturated heterocycles. The van der Waals surface area contributed by atoms with Crippen molar-refractivity contribution in [3.63, 3.8) is 0 Å². The summed E-state index contributed by atoms with van der Waals surface area (Å²) in [5, 5.41) is 17.8. The molecule has 1 aliphatic carbocycles. The predicted molar refractivity (Wildman–Crippen MR) is 86.1 cm³/mol. The smallest absolute Gasteiger partial charge is 0.0983 e. The number of aliphatic hydroxyl groups excluding tert-OH is 1. The maximum atomic E-state index is 9.74. The molecule has 0 spiro atoms. The molecule has 0 aliphatic heterocycles. The summed E-state index contributed by atoms with van der Waals surface area (Å²) >= 11 is 0. The Bertz CT molecular complexity index is 596. The van der Waals surface area contributed by atoms with Crippen LogP contribution in [0.5, 0.6) is 0 Å². The first-order valence-electron chi connectivity index (χ1n) is 8.04. The quantitative estimate of drug-likeness (QED) is 0.888. The van der Waals surface area contributed by atoms with Gasteiger partial charge in [-0.15, -0.1) is 0 Å². The number of rotatable bonds is 5. The molecular formula is C17H24N4O. The van der Waals surface area contributed by atoms with E-state index >= 15 is 0 Å². The Labute approximate surface area is 131 Å². The average Bonchev–Trinajstić information content (AvgIpc) is 2.89. The topological polar surface area (TPSA) is 63.0 Å². The summed E-state index contributed by atoms with van der Waals surface area (Å²) in [6.45, 7) is 1.75. The van der Waals surface area contributed by atoms with E-state index in [2.05, 4.69) is 21.6 Å². The zero-order valence-corrected chi connectivity index (χ0v) is 13.1. The number of hydrogen-bond acceptors (Lipinski definition) is 4. The summed E-state index contributed by atoms with van der Waals surface area (Å²) in [5.74, 6) is 0.585. The van der Waals surface area contributed by atoms with E-state index in [0.29, 0.717) is 5.92 Å². The van der Waals surface area contributed by atoms with Crippen LogP contribution in [0.1, 0.15) is 31.2 Å². The first-order chi connectivity index (χ1) is 10.7. The highest BCUT2D eigenvalue weighted by atomic mass is 16.3. The van der Waals surface area contributed by atoms with Crippen molar-refractivity contribution >= 4 is 0 Å². The van der Waals surface area contributed by atoms with Gasteiger partial charge < -0.3 is 10.4 Å². The van der Waals surface area contributed by atoms with Crippen LogP contribution in [0.2, 0.25) is 0 Å². The Morgan fingerprint density at radius 3 is 3.09 bits per heavy atom. The van der Waals surface area contributed by atoms with Crippen molar-refractivity contribution < 1.29 is 5.11 Å². The third kappa shape index (κ3) is 3.72. The van der Waals surface area contributed by atoms with E-state index in [4.69, 9.17) is 0 Å². The van der Waals surface area contributed by atoms with Crippen LogP contribution in [-0.2, 0) is 13.6 Å². The fourth-order valence-electron chi connectivity index (χ4n) is 3.27. The second kappa shape index (κ2) is 7.03. The molecule has 5 heteroatoms. The second-order valence-corrected chi connectivity index (χ2v) is 6.24. The van der Waals surface area contributed by atoms with Gasteiger partial charge in [-0.05, 0) is 43.9 Å². The van der Waals surface area contributed by atoms with E-state index in [1.54, 1.807) is 6.20 Å². The van der Waals surface area contributed by atoms with Crippen LogP contribution in [0.4, 0.5) is 0 Å². The van der Waals surface area contributed by atoms with E-state index in [0.717, 1.165) is 43.6 Å². The third-order valence-electron chi connectivity index (χ3n) is 4.34. The van der Waals surface area contributed by atoms with Crippen molar-refractivity contribution in [1.29, 1.82) is 0 Å². The Morgan fingerprint density at radius 2 is 2.32 bits per heavy atom. The fourth-order valence-corrected chi connectivity index (χ4v) is 3.27. The van der Waals surface area contributed by atoms with Crippen molar-refractivity contribution in [2.75, 3.05) is 6.54 Å². The summed E-state index contributed by atoms with van der Waals surface area (Å²) in [4.78, 5) is 4.18. The van der Waals surface area contributed by atoms with Crippen molar-refractivity contribution in [3.8, 4) is 11.3 Å². The van der Waals surface area contributed by atoms with Crippen molar-refractivity contribution in [2.24, 2.45) is 13.0 Å². The molecule has 2 heterocycles. The molecule has 118 valence electrons. The molecule has 2 unspecified atom stereocenters. The Balaban J connectivity index is 1.61. The average molecular weight is 300 g/mol. The molecule has 3 rings (SSSR count). The molecule has 0 bridgehead atoms. The summed E-state index contributed by atoms with van der Waals surface area (Å²) in [5.41, 5.74) is 3.23. The predicted octanol–water partition coefficient (Wildman–Crippen LogP) is 2.12. The fraction of sp³-hybridized carbons (Fsp3) is 0.529. The lowest BCUT2D eigenvalue weighted by molar-refractivity contribution is 0.101. The molecule has 2 N–H and O–H groups in total. The minimum absolute atomic E-state index is 0.107. The maximum Gasteiger partial charge on any atom is 0.0983 e. The summed E-state index contributed by atoms with van der Waals surface area (Å²) in [7, 11) is 1.95. The number of aliphatic hydroxyl groups is 1. The minimum atomic E-state index is -0.107. The summed E-state index contributed by atoms with van der Waals surface area (Å²) < 4.78 is 1.85. The van der Waals surface area contributed by atoms with Gasteiger partial charge in [0.05, 0.1) is 11.8 Å². The monoisotopic (exact) mass is 300 g/mol. The largest absolute Gasteiger partial charge is 0.393 e. The van der Waals surface area contributed by atoms with Gasteiger partial charge in [0.25, 0.3) is 0 Å². The van der Waals surface area contributed by atoms with Gasteiger partial charge in [0.15, 0.2) is 0 Å². The first kappa shape index (κ1) is 15.2. The molecule has 0 radical (unpaired) electrons. The van der Waals surface area contributed by atoms with E-state index in [1.165, 1.54) is 12.0 Å². The van der Waals surface area contributed by atoms with E-state index in [1.807, 2.05) is 30.1 Å². The number of hydrogen-bond donors (Lipinski definition) is 2. The lowest BCUT2D eigenvalue weighted by atomic mass is 9.87. The van der Waals surface area contributed by atoms with E-state index < -0.39 is 0 Å². The van der Waals surface area contributed by atoms with E-state index in [-0.39, 0.29) is 6.10 Å². The SMILES string of the molecule is Cn1cc(CNCC2CCCC(O)C2)c(-c2cccnc2)n1. The highest BCUT2D eigenvalue weighted by Gasteiger charge is 2.20. The van der Waals surface area contributed by atoms with Crippen molar-refractivity contribution in [3.05, 3.63) is 36.3 Å². The third-order valence-corrected chi connectivity index (χ3v) is 4.34. The maximum absolute atomic E-state index is 9.74. The Morgan fingerprint density at radius 1 is 1.41 bits per heavy atom. The van der Waals surface area contributed by atoms with Crippen molar-refractivity contribution in [1.82, 2.24) is 20.1 Å². The molecule has 1 fully saturated rings. The van der Waals surface area contributed by atoms with Gasteiger partial charge in [0.1, 0.15) is 0 Å². The van der Waals surface area contributed by atoms with E-state index in [9.17, 15) is 5.11 Å². The van der Waals surface area contributed by atoms with Crippen LogP contribution < -0.4 is 5.32 Å². The number of pyridine rings is 1. The lowest BCUT2D eigenvalue weighted by Crippen LogP contribution is -2.28. The van der Waals surface area contributed by atoms with Gasteiger partial charge in [-0.1, -0.05) is 6.42 Å². The molecule has 2 aromatic heterocycles. The number of nitrogens with one attached hydrogen (secondary N) is 1. The highest BCUT2D eigenvalue weighted by Crippen LogP contribution is 2.24. The molecule has 5 nitrogen and oxygen atoms in total. The minimum Gasteiger partial charge on any atom is -0.393 e. The van der Waals surface area contributed by atoms with Gasteiger partial charge >= 0.3 is 0 Å². The summed E-state index contributed by atoms with van der Waals surface area (Å²) in [6.07, 6.45) is 9.82. The van der Waals surface area contributed by atoms with Gasteiger partial charge in [0.2, 0.25) is 0 Å². The highest BCUT2D eigenvalue weighted by molar-refractivity contribution is 5.61. The zero-order chi connectivity index (χ0) is 15.4. The van der Waals surface area contributed by atoms with Crippen LogP contribution in [0, 0.1) is 5.92 Å². The van der Waals surface area contributed by atoms with Crippen LogP contribution >= 0.6 is 0 Å². The zero-order valence-electron chi connectivity index (χ0n) is 13.1. The standard InChI is InChI=1S/C17H24N4O/c1-21-12-15(17(20-21)14-5-3-7-18-10-14)11-19-9-13-4-2-6-16(22)8-13/h3,5,7,10,12-13,16,19,22H,2,4,6,8-9,11H2,1H3. The van der Waals surface area contributed by atoms with Gasteiger partial charge in [-0.25, -0.2) is 0 Å². The Hall–Kier alpha value is -1.72. The van der Waals surface area contributed by atoms with Crippen LogP contribution in [0.15, 0.2) is 30.7 Å². The van der Waals surface area contributed by atoms with Crippen LogP contribution in [0.3, 0.4) is 0 Å². The van der Waals surface area contributed by atoms with Gasteiger partial charge in [-0.2, -0.15) is 5.10 Å². The van der Waals surface area contributed by atoms with Crippen molar-refractivity contribution in [2.45, 2.75) is 38.3 Å². The number of aryl methyl sites for hydroxylation is 1. The molecule has 0 aromatic carbocycles. The lowest BCUT2D eigenvalue weighted by Gasteiger charge is -2.25. The second-order valence-electron chi connectivity index (χ2n) is 6.24. The normalized spacial score (nSPS) is 21.9. The van der Waals surface area contributed by atoms with Crippen LogP contribution in [-0.4, -0.2) is 32.5 Å². The van der Waals surface area contributed by atoms with Gasteiger partial charge in [0, 0.05) is 43.3 Å². The Kier molecular flexibility index (Phi) is 4.85. The molecular weight excluding hydrogens is 276 g/mol. The molecule has 1 aliphatic rings. The molecule has 22 heavy (non-hydrogen) atoms. The van der Waals surface area contributed by atoms with Crippen LogP contribution in [0.25, 0.3) is 11.3 Å². The number of nitrogens with zero attached hydrogens (tertiary/aromatic N) is 3. The van der Waals surface area contributed by atoms with Gasteiger partial charge in [-0.3, -0.25) is 9.67 Å².